The summed E-state index contributed by atoms with van der Waals surface area (Å²) in [6, 6.07) is 14.3. The predicted molar refractivity (Wildman–Crippen MR) is 127 cm³/mol. The third kappa shape index (κ3) is 7.63. The molecule has 6 nitrogen and oxygen atoms in total. The zero-order valence-electron chi connectivity index (χ0n) is 19.9. The van der Waals surface area contributed by atoms with Gasteiger partial charge in [-0.05, 0) is 62.2 Å². The van der Waals surface area contributed by atoms with Crippen LogP contribution in [0, 0.1) is 13.8 Å². The van der Waals surface area contributed by atoms with Gasteiger partial charge in [0, 0.05) is 30.4 Å². The van der Waals surface area contributed by atoms with Gasteiger partial charge in [-0.25, -0.2) is 0 Å². The number of halogens is 3. The van der Waals surface area contributed by atoms with Crippen LogP contribution >= 0.6 is 0 Å². The summed E-state index contributed by atoms with van der Waals surface area (Å²) in [6.45, 7) is 4.46. The molecule has 0 saturated carbocycles. The number of aromatic nitrogens is 2. The van der Waals surface area contributed by atoms with E-state index in [1.54, 1.807) is 20.1 Å². The van der Waals surface area contributed by atoms with Crippen LogP contribution in [0.15, 0.2) is 54.6 Å². The maximum atomic E-state index is 12.7. The molecule has 0 bridgehead atoms. The van der Waals surface area contributed by atoms with Crippen molar-refractivity contribution in [2.75, 3.05) is 13.7 Å². The van der Waals surface area contributed by atoms with Gasteiger partial charge in [-0.15, -0.1) is 0 Å². The second-order valence-corrected chi connectivity index (χ2v) is 8.04. The second-order valence-electron chi connectivity index (χ2n) is 8.04. The molecule has 9 heteroatoms. The van der Waals surface area contributed by atoms with Crippen molar-refractivity contribution in [1.29, 1.82) is 0 Å². The highest BCUT2D eigenvalue weighted by atomic mass is 19.4. The Labute approximate surface area is 202 Å². The van der Waals surface area contributed by atoms with Gasteiger partial charge in [-0.1, -0.05) is 23.8 Å². The van der Waals surface area contributed by atoms with Crippen LogP contribution in [0.2, 0.25) is 0 Å². The lowest BCUT2D eigenvalue weighted by Gasteiger charge is -2.11. The normalized spacial score (nSPS) is 11.6. The third-order valence-electron chi connectivity index (χ3n) is 5.26. The van der Waals surface area contributed by atoms with Crippen molar-refractivity contribution in [3.8, 4) is 11.5 Å². The van der Waals surface area contributed by atoms with E-state index in [0.717, 1.165) is 28.5 Å². The minimum Gasteiger partial charge on any atom is -0.496 e. The number of alkyl halides is 3. The average Bonchev–Trinajstić information content (AvgIpc) is 3.21. The van der Waals surface area contributed by atoms with Gasteiger partial charge in [0.15, 0.2) is 5.69 Å². The molecular weight excluding hydrogens is 459 g/mol. The molecule has 0 spiro atoms. The molecule has 0 aliphatic heterocycles. The number of rotatable bonds is 10. The summed E-state index contributed by atoms with van der Waals surface area (Å²) in [6.07, 6.45) is -0.934. The van der Waals surface area contributed by atoms with Crippen LogP contribution in [-0.2, 0) is 24.1 Å². The maximum Gasteiger partial charge on any atom is 0.435 e. The number of amides is 1. The molecule has 1 heterocycles. The highest BCUT2D eigenvalue weighted by molar-refractivity contribution is 5.91. The van der Waals surface area contributed by atoms with Crippen molar-refractivity contribution in [2.24, 2.45) is 0 Å². The first-order valence-corrected chi connectivity index (χ1v) is 11.1. The number of benzene rings is 2. The third-order valence-corrected chi connectivity index (χ3v) is 5.26. The molecule has 0 unspecified atom stereocenters. The Balaban J connectivity index is 1.50. The molecule has 0 aliphatic carbocycles. The van der Waals surface area contributed by atoms with Crippen LogP contribution in [0.3, 0.4) is 0 Å². The summed E-state index contributed by atoms with van der Waals surface area (Å²) in [5.41, 5.74) is 2.29. The first-order valence-electron chi connectivity index (χ1n) is 11.1. The Hall–Kier alpha value is -3.75. The highest BCUT2D eigenvalue weighted by Gasteiger charge is 2.34. The van der Waals surface area contributed by atoms with Gasteiger partial charge in [0.25, 0.3) is 0 Å². The number of carbonyl (C=O) groups is 1. The van der Waals surface area contributed by atoms with Crippen LogP contribution in [0.25, 0.3) is 6.08 Å². The van der Waals surface area contributed by atoms with Crippen molar-refractivity contribution in [3.05, 3.63) is 82.7 Å². The van der Waals surface area contributed by atoms with E-state index in [2.05, 4.69) is 10.4 Å². The van der Waals surface area contributed by atoms with Crippen LogP contribution in [0.5, 0.6) is 11.5 Å². The Morgan fingerprint density at radius 3 is 2.51 bits per heavy atom. The van der Waals surface area contributed by atoms with E-state index in [-0.39, 0.29) is 12.5 Å². The van der Waals surface area contributed by atoms with Gasteiger partial charge in [0.05, 0.1) is 7.11 Å². The minimum atomic E-state index is -4.47. The van der Waals surface area contributed by atoms with Crippen LogP contribution in [-0.4, -0.2) is 29.3 Å². The predicted octanol–water partition coefficient (Wildman–Crippen LogP) is 5.33. The van der Waals surface area contributed by atoms with E-state index in [0.29, 0.717) is 31.0 Å². The number of carbonyl (C=O) groups excluding carboxylic acids is 1. The Bertz CT molecular complexity index is 1170. The Morgan fingerprint density at radius 1 is 1.11 bits per heavy atom. The minimum absolute atomic E-state index is 0.273. The quantitative estimate of drug-likeness (QED) is 0.310. The summed E-state index contributed by atoms with van der Waals surface area (Å²) in [5, 5.41) is 6.31. The molecule has 3 rings (SSSR count). The van der Waals surface area contributed by atoms with Gasteiger partial charge in [-0.3, -0.25) is 9.48 Å². The molecule has 1 amide bonds. The number of ether oxygens (including phenoxy) is 2. The lowest BCUT2D eigenvalue weighted by atomic mass is 10.1. The lowest BCUT2D eigenvalue weighted by Crippen LogP contribution is -2.23. The standard InChI is InChI=1S/C26H28F3N3O3/c1-18-5-9-22(10-6-18)35-17-21-16-20(7-11-23(21)34-3)8-12-25(33)30-13-4-14-32-19(2)15-24(31-32)26(27,28)29/h5-12,15-16H,4,13-14,17H2,1-3H3,(H,30,33)/b12-8+. The molecule has 0 fully saturated rings. The average molecular weight is 488 g/mol. The van der Waals surface area contributed by atoms with Crippen LogP contribution in [0.1, 0.15) is 34.5 Å². The van der Waals surface area contributed by atoms with Crippen molar-refractivity contribution in [3.63, 3.8) is 0 Å². The fourth-order valence-electron chi connectivity index (χ4n) is 3.36. The maximum absolute atomic E-state index is 12.7. The number of methoxy groups -OCH3 is 1. The first-order chi connectivity index (χ1) is 16.7. The van der Waals surface area contributed by atoms with E-state index in [1.165, 1.54) is 10.8 Å². The van der Waals surface area contributed by atoms with Crippen LogP contribution < -0.4 is 14.8 Å². The highest BCUT2D eigenvalue weighted by Crippen LogP contribution is 2.28. The smallest absolute Gasteiger partial charge is 0.435 e. The van der Waals surface area contributed by atoms with Crippen molar-refractivity contribution < 1.29 is 27.4 Å². The van der Waals surface area contributed by atoms with E-state index in [1.807, 2.05) is 49.4 Å². The molecule has 0 aliphatic rings. The molecule has 3 aromatic rings. The van der Waals surface area contributed by atoms with Gasteiger partial charge in [0.2, 0.25) is 5.91 Å². The Morgan fingerprint density at radius 2 is 1.86 bits per heavy atom. The lowest BCUT2D eigenvalue weighted by molar-refractivity contribution is -0.141. The van der Waals surface area contributed by atoms with Crippen molar-refractivity contribution in [2.45, 2.75) is 39.6 Å². The molecule has 186 valence electrons. The molecule has 1 N–H and O–H groups in total. The van der Waals surface area contributed by atoms with Gasteiger partial charge in [0.1, 0.15) is 18.1 Å². The molecule has 35 heavy (non-hydrogen) atoms. The molecule has 1 aromatic heterocycles. The van der Waals surface area contributed by atoms with E-state index in [9.17, 15) is 18.0 Å². The molecular formula is C26H28F3N3O3. The molecule has 0 atom stereocenters. The van der Waals surface area contributed by atoms with Crippen molar-refractivity contribution in [1.82, 2.24) is 15.1 Å². The second kappa shape index (κ2) is 11.6. The fourth-order valence-corrected chi connectivity index (χ4v) is 3.36. The van der Waals surface area contributed by atoms with E-state index >= 15 is 0 Å². The molecule has 0 radical (unpaired) electrons. The van der Waals surface area contributed by atoms with Gasteiger partial charge < -0.3 is 14.8 Å². The summed E-state index contributed by atoms with van der Waals surface area (Å²) >= 11 is 0. The molecule has 0 saturated heterocycles. The van der Waals surface area contributed by atoms with Crippen LogP contribution in [0.4, 0.5) is 13.2 Å². The number of hydrogen-bond acceptors (Lipinski definition) is 4. The summed E-state index contributed by atoms with van der Waals surface area (Å²) in [5.74, 6) is 1.13. The summed E-state index contributed by atoms with van der Waals surface area (Å²) in [4.78, 5) is 12.2. The zero-order chi connectivity index (χ0) is 25.4. The summed E-state index contributed by atoms with van der Waals surface area (Å²) < 4.78 is 50.8. The largest absolute Gasteiger partial charge is 0.496 e. The summed E-state index contributed by atoms with van der Waals surface area (Å²) in [7, 11) is 1.59. The zero-order valence-corrected chi connectivity index (χ0v) is 19.9. The van der Waals surface area contributed by atoms with Crippen molar-refractivity contribution >= 4 is 12.0 Å². The number of aryl methyl sites for hydroxylation is 3. The number of nitrogens with zero attached hydrogens (tertiary/aromatic N) is 2. The van der Waals surface area contributed by atoms with E-state index in [4.69, 9.17) is 9.47 Å². The van der Waals surface area contributed by atoms with Gasteiger partial charge >= 0.3 is 6.18 Å². The fraction of sp³-hybridized carbons (Fsp3) is 0.308. The number of nitrogens with one attached hydrogen (secondary N) is 1. The SMILES string of the molecule is COc1ccc(/C=C/C(=O)NCCCn2nc(C(F)(F)F)cc2C)cc1COc1ccc(C)cc1. The first kappa shape index (κ1) is 25.9. The van der Waals surface area contributed by atoms with Gasteiger partial charge in [-0.2, -0.15) is 18.3 Å². The topological polar surface area (TPSA) is 65.4 Å². The Kier molecular flexibility index (Phi) is 8.57. The number of hydrogen-bond donors (Lipinski definition) is 1. The molecule has 2 aromatic carbocycles. The monoisotopic (exact) mass is 487 g/mol. The van der Waals surface area contributed by atoms with E-state index < -0.39 is 11.9 Å².